The van der Waals surface area contributed by atoms with Crippen molar-refractivity contribution in [2.45, 2.75) is 26.2 Å². The summed E-state index contributed by atoms with van der Waals surface area (Å²) in [7, 11) is 1.68. The lowest BCUT2D eigenvalue weighted by Crippen LogP contribution is -2.13. The van der Waals surface area contributed by atoms with E-state index in [-0.39, 0.29) is 0 Å². The topological polar surface area (TPSA) is 91.5 Å². The van der Waals surface area contributed by atoms with E-state index in [9.17, 15) is 0 Å². The minimum atomic E-state index is 0.444. The van der Waals surface area contributed by atoms with E-state index in [0.717, 1.165) is 25.1 Å². The molecule has 0 atom stereocenters. The van der Waals surface area contributed by atoms with Crippen LogP contribution >= 0.6 is 0 Å². The first-order valence-electron chi connectivity index (χ1n) is 6.84. The van der Waals surface area contributed by atoms with Crippen LogP contribution in [-0.4, -0.2) is 43.5 Å². The molecule has 1 aromatic rings. The van der Waals surface area contributed by atoms with E-state index >= 15 is 0 Å². The zero-order chi connectivity index (χ0) is 14.6. The first-order chi connectivity index (χ1) is 9.80. The Morgan fingerprint density at radius 2 is 2.05 bits per heavy atom. The molecule has 0 fully saturated rings. The number of nitrogens with zero attached hydrogens (tertiary/aromatic N) is 2. The molecule has 0 saturated carbocycles. The lowest BCUT2D eigenvalue weighted by Gasteiger charge is -2.09. The van der Waals surface area contributed by atoms with E-state index in [1.54, 1.807) is 13.2 Å². The van der Waals surface area contributed by atoms with Gasteiger partial charge in [0.2, 0.25) is 5.88 Å². The summed E-state index contributed by atoms with van der Waals surface area (Å²) < 4.78 is 15.9. The SMILES string of the molecule is CCCc1nc(NN)cc(OCCOCCCOC)n1. The Morgan fingerprint density at radius 1 is 1.20 bits per heavy atom. The Morgan fingerprint density at radius 3 is 2.75 bits per heavy atom. The molecule has 0 bridgehead atoms. The maximum absolute atomic E-state index is 5.54. The minimum Gasteiger partial charge on any atom is -0.475 e. The van der Waals surface area contributed by atoms with Crippen LogP contribution in [0.15, 0.2) is 6.07 Å². The Hall–Kier alpha value is -1.44. The minimum absolute atomic E-state index is 0.444. The predicted octanol–water partition coefficient (Wildman–Crippen LogP) is 1.15. The van der Waals surface area contributed by atoms with Gasteiger partial charge in [-0.25, -0.2) is 10.8 Å². The average molecular weight is 284 g/mol. The van der Waals surface area contributed by atoms with E-state index in [1.165, 1.54) is 0 Å². The van der Waals surface area contributed by atoms with E-state index in [4.69, 9.17) is 20.1 Å². The maximum atomic E-state index is 5.54. The van der Waals surface area contributed by atoms with Crippen LogP contribution < -0.4 is 16.0 Å². The highest BCUT2D eigenvalue weighted by Gasteiger charge is 2.04. The molecule has 1 heterocycles. The van der Waals surface area contributed by atoms with Gasteiger partial charge in [-0.3, -0.25) is 0 Å². The third kappa shape index (κ3) is 6.65. The highest BCUT2D eigenvalue weighted by atomic mass is 16.5. The smallest absolute Gasteiger partial charge is 0.218 e. The highest BCUT2D eigenvalue weighted by molar-refractivity contribution is 5.36. The fourth-order valence-electron chi connectivity index (χ4n) is 1.57. The van der Waals surface area contributed by atoms with Crippen LogP contribution in [-0.2, 0) is 15.9 Å². The van der Waals surface area contributed by atoms with Crippen molar-refractivity contribution in [3.05, 3.63) is 11.9 Å². The molecule has 7 nitrogen and oxygen atoms in total. The van der Waals surface area contributed by atoms with Crippen LogP contribution in [0, 0.1) is 0 Å². The van der Waals surface area contributed by atoms with Crippen LogP contribution in [0.5, 0.6) is 5.88 Å². The van der Waals surface area contributed by atoms with Crippen LogP contribution in [0.1, 0.15) is 25.6 Å². The number of nitrogens with one attached hydrogen (secondary N) is 1. The van der Waals surface area contributed by atoms with Crippen LogP contribution in [0.2, 0.25) is 0 Å². The molecule has 1 rings (SSSR count). The lowest BCUT2D eigenvalue weighted by molar-refractivity contribution is 0.0795. The summed E-state index contributed by atoms with van der Waals surface area (Å²) in [6, 6.07) is 1.67. The molecular formula is C13H24N4O3. The van der Waals surface area contributed by atoms with Crippen molar-refractivity contribution in [2.75, 3.05) is 39.0 Å². The molecule has 20 heavy (non-hydrogen) atoms. The van der Waals surface area contributed by atoms with Gasteiger partial charge >= 0.3 is 0 Å². The number of ether oxygens (including phenoxy) is 3. The van der Waals surface area contributed by atoms with Crippen molar-refractivity contribution in [1.29, 1.82) is 0 Å². The lowest BCUT2D eigenvalue weighted by atomic mass is 10.3. The Balaban J connectivity index is 2.33. The summed E-state index contributed by atoms with van der Waals surface area (Å²) >= 11 is 0. The van der Waals surface area contributed by atoms with Crippen molar-refractivity contribution in [2.24, 2.45) is 5.84 Å². The Kier molecular flexibility index (Phi) is 8.61. The molecule has 0 radical (unpaired) electrons. The summed E-state index contributed by atoms with van der Waals surface area (Å²) in [5.74, 6) is 7.16. The second-order valence-corrected chi connectivity index (χ2v) is 4.21. The van der Waals surface area contributed by atoms with Crippen LogP contribution in [0.3, 0.4) is 0 Å². The third-order valence-corrected chi connectivity index (χ3v) is 2.49. The summed E-state index contributed by atoms with van der Waals surface area (Å²) in [6.07, 6.45) is 2.64. The molecule has 0 amide bonds. The molecule has 0 saturated heterocycles. The van der Waals surface area contributed by atoms with Gasteiger partial charge in [-0.05, 0) is 12.8 Å². The van der Waals surface area contributed by atoms with Crippen molar-refractivity contribution >= 4 is 5.82 Å². The van der Waals surface area contributed by atoms with Gasteiger partial charge in [0, 0.05) is 32.8 Å². The van der Waals surface area contributed by atoms with Crippen molar-refractivity contribution in [3.63, 3.8) is 0 Å². The second kappa shape index (κ2) is 10.4. The van der Waals surface area contributed by atoms with Crippen molar-refractivity contribution in [3.8, 4) is 5.88 Å². The van der Waals surface area contributed by atoms with Gasteiger partial charge in [0.25, 0.3) is 0 Å². The summed E-state index contributed by atoms with van der Waals surface area (Å²) in [5.41, 5.74) is 2.51. The quantitative estimate of drug-likeness (QED) is 0.358. The summed E-state index contributed by atoms with van der Waals surface area (Å²) in [4.78, 5) is 8.56. The number of rotatable bonds is 11. The number of hydrogen-bond acceptors (Lipinski definition) is 7. The first-order valence-corrected chi connectivity index (χ1v) is 6.84. The van der Waals surface area contributed by atoms with Gasteiger partial charge in [0.1, 0.15) is 18.2 Å². The Bertz CT molecular complexity index is 377. The van der Waals surface area contributed by atoms with Gasteiger partial charge in [-0.1, -0.05) is 6.92 Å². The summed E-state index contributed by atoms with van der Waals surface area (Å²) in [6.45, 7) is 4.40. The highest BCUT2D eigenvalue weighted by Crippen LogP contribution is 2.13. The molecule has 0 spiro atoms. The number of hydrogen-bond donors (Lipinski definition) is 2. The molecule has 0 aliphatic rings. The largest absolute Gasteiger partial charge is 0.475 e. The fraction of sp³-hybridized carbons (Fsp3) is 0.692. The standard InChI is InChI=1S/C13H24N4O3/c1-3-5-11-15-12(17-14)10-13(16-11)20-9-8-19-7-4-6-18-2/h10H,3-9,14H2,1-2H3,(H,15,16,17). The van der Waals surface area contributed by atoms with E-state index < -0.39 is 0 Å². The average Bonchev–Trinajstić information content (AvgIpc) is 2.46. The van der Waals surface area contributed by atoms with Crippen molar-refractivity contribution < 1.29 is 14.2 Å². The van der Waals surface area contributed by atoms with Gasteiger partial charge in [0.05, 0.1) is 6.61 Å². The van der Waals surface area contributed by atoms with E-state index in [0.29, 0.717) is 38.1 Å². The molecule has 0 aliphatic carbocycles. The van der Waals surface area contributed by atoms with Crippen molar-refractivity contribution in [1.82, 2.24) is 9.97 Å². The van der Waals surface area contributed by atoms with Crippen LogP contribution in [0.25, 0.3) is 0 Å². The number of methoxy groups -OCH3 is 1. The zero-order valence-electron chi connectivity index (χ0n) is 12.2. The number of nitrogen functional groups attached to an aromatic ring is 1. The molecule has 7 heteroatoms. The first kappa shape index (κ1) is 16.6. The number of nitrogens with two attached hydrogens (primary N) is 1. The Labute approximate surface area is 119 Å². The predicted molar refractivity (Wildman–Crippen MR) is 76.6 cm³/mol. The van der Waals surface area contributed by atoms with Gasteiger partial charge in [0.15, 0.2) is 0 Å². The number of anilines is 1. The molecule has 114 valence electrons. The van der Waals surface area contributed by atoms with Gasteiger partial charge < -0.3 is 19.6 Å². The number of hydrazine groups is 1. The monoisotopic (exact) mass is 284 g/mol. The fourth-order valence-corrected chi connectivity index (χ4v) is 1.57. The molecular weight excluding hydrogens is 260 g/mol. The normalized spacial score (nSPS) is 10.6. The van der Waals surface area contributed by atoms with Gasteiger partial charge in [-0.15, -0.1) is 0 Å². The molecule has 0 aliphatic heterocycles. The molecule has 3 N–H and O–H groups in total. The zero-order valence-corrected chi connectivity index (χ0v) is 12.2. The van der Waals surface area contributed by atoms with E-state index in [2.05, 4.69) is 22.3 Å². The number of aryl methyl sites for hydroxylation is 1. The second-order valence-electron chi connectivity index (χ2n) is 4.21. The molecule has 0 aromatic carbocycles. The van der Waals surface area contributed by atoms with Gasteiger partial charge in [-0.2, -0.15) is 4.98 Å². The number of aromatic nitrogens is 2. The third-order valence-electron chi connectivity index (χ3n) is 2.49. The van der Waals surface area contributed by atoms with Crippen LogP contribution in [0.4, 0.5) is 5.82 Å². The maximum Gasteiger partial charge on any atom is 0.218 e. The van der Waals surface area contributed by atoms with E-state index in [1.807, 2.05) is 0 Å². The summed E-state index contributed by atoms with van der Waals surface area (Å²) in [5, 5.41) is 0. The molecule has 1 aromatic heterocycles. The molecule has 0 unspecified atom stereocenters.